The van der Waals surface area contributed by atoms with Crippen molar-refractivity contribution in [3.63, 3.8) is 0 Å². The first-order valence-corrected chi connectivity index (χ1v) is 8.96. The number of likely N-dealkylation sites (tertiary alicyclic amines) is 1. The molecule has 130 valence electrons. The van der Waals surface area contributed by atoms with Crippen molar-refractivity contribution in [1.82, 2.24) is 15.1 Å². The van der Waals surface area contributed by atoms with Crippen LogP contribution in [-0.2, 0) is 9.59 Å². The third-order valence-electron chi connectivity index (χ3n) is 4.85. The summed E-state index contributed by atoms with van der Waals surface area (Å²) in [5.41, 5.74) is -0.806. The van der Waals surface area contributed by atoms with E-state index in [-0.39, 0.29) is 18.4 Å². The van der Waals surface area contributed by atoms with Gasteiger partial charge in [0, 0.05) is 13.1 Å². The Kier molecular flexibility index (Phi) is 6.02. The molecule has 2 aliphatic rings. The highest BCUT2D eigenvalue weighted by atomic mass is 16.2. The van der Waals surface area contributed by atoms with E-state index >= 15 is 0 Å². The molecule has 2 rings (SSSR count). The maximum atomic E-state index is 12.8. The quantitative estimate of drug-likeness (QED) is 0.762. The molecule has 0 aliphatic carbocycles. The molecule has 2 fully saturated rings. The van der Waals surface area contributed by atoms with E-state index in [1.165, 1.54) is 0 Å². The number of imide groups is 1. The van der Waals surface area contributed by atoms with Gasteiger partial charge < -0.3 is 10.2 Å². The minimum Gasteiger partial charge on any atom is -0.341 e. The molecule has 2 heterocycles. The van der Waals surface area contributed by atoms with Gasteiger partial charge in [0.1, 0.15) is 12.1 Å². The van der Waals surface area contributed by atoms with Crippen molar-refractivity contribution >= 4 is 17.8 Å². The topological polar surface area (TPSA) is 69.7 Å². The summed E-state index contributed by atoms with van der Waals surface area (Å²) in [7, 11) is 0. The molecule has 6 nitrogen and oxygen atoms in total. The van der Waals surface area contributed by atoms with E-state index in [0.717, 1.165) is 56.5 Å². The molecule has 2 saturated heterocycles. The molecular formula is C17H29N3O3. The molecule has 0 spiro atoms. The summed E-state index contributed by atoms with van der Waals surface area (Å²) in [6.07, 6.45) is 7.18. The van der Waals surface area contributed by atoms with Gasteiger partial charge in [0.2, 0.25) is 5.91 Å². The van der Waals surface area contributed by atoms with Gasteiger partial charge in [-0.2, -0.15) is 0 Å². The zero-order valence-electron chi connectivity index (χ0n) is 14.4. The van der Waals surface area contributed by atoms with Crippen molar-refractivity contribution in [3.05, 3.63) is 0 Å². The lowest BCUT2D eigenvalue weighted by Crippen LogP contribution is -2.48. The third kappa shape index (κ3) is 3.85. The molecule has 6 heteroatoms. The average Bonchev–Trinajstić information content (AvgIpc) is 2.73. The maximum Gasteiger partial charge on any atom is 0.325 e. The van der Waals surface area contributed by atoms with Gasteiger partial charge in [-0.1, -0.05) is 39.5 Å². The van der Waals surface area contributed by atoms with E-state index in [1.54, 1.807) is 4.90 Å². The third-order valence-corrected chi connectivity index (χ3v) is 4.85. The lowest BCUT2D eigenvalue weighted by atomic mass is 9.88. The summed E-state index contributed by atoms with van der Waals surface area (Å²) in [6, 6.07) is -0.417. The van der Waals surface area contributed by atoms with Crippen molar-refractivity contribution in [1.29, 1.82) is 0 Å². The van der Waals surface area contributed by atoms with Crippen LogP contribution in [0.4, 0.5) is 4.79 Å². The van der Waals surface area contributed by atoms with Crippen LogP contribution in [0.2, 0.25) is 0 Å². The van der Waals surface area contributed by atoms with Crippen LogP contribution in [0.5, 0.6) is 0 Å². The zero-order chi connectivity index (χ0) is 16.9. The molecular weight excluding hydrogens is 294 g/mol. The highest BCUT2D eigenvalue weighted by Gasteiger charge is 2.50. The van der Waals surface area contributed by atoms with Crippen molar-refractivity contribution in [2.45, 2.75) is 70.8 Å². The van der Waals surface area contributed by atoms with Gasteiger partial charge in [-0.3, -0.25) is 14.5 Å². The second-order valence-corrected chi connectivity index (χ2v) is 6.70. The normalized spacial score (nSPS) is 21.3. The Hall–Kier alpha value is -1.59. The summed E-state index contributed by atoms with van der Waals surface area (Å²) >= 11 is 0. The second-order valence-electron chi connectivity index (χ2n) is 6.70. The number of rotatable bonds is 6. The predicted molar refractivity (Wildman–Crippen MR) is 87.8 cm³/mol. The molecule has 0 radical (unpaired) electrons. The van der Waals surface area contributed by atoms with Crippen LogP contribution in [0, 0.1) is 0 Å². The van der Waals surface area contributed by atoms with E-state index in [9.17, 15) is 14.4 Å². The van der Waals surface area contributed by atoms with Crippen LogP contribution in [-0.4, -0.2) is 52.8 Å². The summed E-state index contributed by atoms with van der Waals surface area (Å²) in [5.74, 6) is -0.339. The van der Waals surface area contributed by atoms with E-state index < -0.39 is 11.6 Å². The van der Waals surface area contributed by atoms with Gasteiger partial charge in [0.25, 0.3) is 5.91 Å². The van der Waals surface area contributed by atoms with Gasteiger partial charge >= 0.3 is 6.03 Å². The Morgan fingerprint density at radius 1 is 1.04 bits per heavy atom. The number of carbonyl (C=O) groups is 3. The Balaban J connectivity index is 2.05. The van der Waals surface area contributed by atoms with Crippen molar-refractivity contribution in [2.24, 2.45) is 0 Å². The van der Waals surface area contributed by atoms with Gasteiger partial charge in [-0.25, -0.2) is 4.79 Å². The molecule has 0 aromatic heterocycles. The number of nitrogens with one attached hydrogen (secondary N) is 1. The zero-order valence-corrected chi connectivity index (χ0v) is 14.4. The molecule has 0 bridgehead atoms. The van der Waals surface area contributed by atoms with E-state index in [1.807, 2.05) is 13.8 Å². The first-order chi connectivity index (χ1) is 11.0. The highest BCUT2D eigenvalue weighted by Crippen LogP contribution is 2.28. The lowest BCUT2D eigenvalue weighted by Gasteiger charge is -2.26. The Morgan fingerprint density at radius 3 is 2.13 bits per heavy atom. The van der Waals surface area contributed by atoms with Crippen LogP contribution in [0.25, 0.3) is 0 Å². The second kappa shape index (κ2) is 7.79. The predicted octanol–water partition coefficient (Wildman–Crippen LogP) is 2.28. The summed E-state index contributed by atoms with van der Waals surface area (Å²) < 4.78 is 0. The molecule has 1 N–H and O–H groups in total. The van der Waals surface area contributed by atoms with E-state index in [2.05, 4.69) is 5.32 Å². The lowest BCUT2D eigenvalue weighted by molar-refractivity contribution is -0.139. The minimum atomic E-state index is -0.806. The first-order valence-electron chi connectivity index (χ1n) is 8.96. The largest absolute Gasteiger partial charge is 0.341 e. The fourth-order valence-corrected chi connectivity index (χ4v) is 3.69. The van der Waals surface area contributed by atoms with Crippen molar-refractivity contribution in [2.75, 3.05) is 19.6 Å². The average molecular weight is 323 g/mol. The molecule has 4 amide bonds. The van der Waals surface area contributed by atoms with Crippen molar-refractivity contribution in [3.8, 4) is 0 Å². The summed E-state index contributed by atoms with van der Waals surface area (Å²) in [4.78, 5) is 40.4. The number of hydrogen-bond donors (Lipinski definition) is 1. The molecule has 0 aromatic carbocycles. The Labute approximate surface area is 138 Å². The Bertz CT molecular complexity index is 450. The standard InChI is InChI=1S/C17H29N3O3/c1-3-9-17(10-4-2)15(22)20(16(23)18-17)13-14(21)19-11-7-5-6-8-12-19/h3-13H2,1-2H3,(H,18,23). The fourth-order valence-electron chi connectivity index (χ4n) is 3.69. The number of urea groups is 1. The number of hydrogen-bond acceptors (Lipinski definition) is 3. The SMILES string of the molecule is CCCC1(CCC)NC(=O)N(CC(=O)N2CCCCCC2)C1=O. The highest BCUT2D eigenvalue weighted by molar-refractivity contribution is 6.09. The summed E-state index contributed by atoms with van der Waals surface area (Å²) in [5, 5.41) is 2.86. The van der Waals surface area contributed by atoms with Gasteiger partial charge in [0.15, 0.2) is 0 Å². The minimum absolute atomic E-state index is 0.112. The van der Waals surface area contributed by atoms with Crippen LogP contribution in [0.3, 0.4) is 0 Å². The number of carbonyl (C=O) groups excluding carboxylic acids is 3. The monoisotopic (exact) mass is 323 g/mol. The van der Waals surface area contributed by atoms with Gasteiger partial charge in [0.05, 0.1) is 0 Å². The van der Waals surface area contributed by atoms with E-state index in [4.69, 9.17) is 0 Å². The van der Waals surface area contributed by atoms with Crippen LogP contribution in [0.1, 0.15) is 65.2 Å². The van der Waals surface area contributed by atoms with Crippen LogP contribution >= 0.6 is 0 Å². The molecule has 0 unspecified atom stereocenters. The summed E-state index contributed by atoms with van der Waals surface area (Å²) in [6.45, 7) is 5.35. The van der Waals surface area contributed by atoms with E-state index in [0.29, 0.717) is 12.8 Å². The first kappa shape index (κ1) is 17.8. The maximum absolute atomic E-state index is 12.8. The Morgan fingerprint density at radius 2 is 1.61 bits per heavy atom. The smallest absolute Gasteiger partial charge is 0.325 e. The number of amides is 4. The van der Waals surface area contributed by atoms with Crippen LogP contribution in [0.15, 0.2) is 0 Å². The molecule has 2 aliphatic heterocycles. The fraction of sp³-hybridized carbons (Fsp3) is 0.824. The van der Waals surface area contributed by atoms with Gasteiger partial charge in [-0.05, 0) is 25.7 Å². The van der Waals surface area contributed by atoms with Crippen LogP contribution < -0.4 is 5.32 Å². The molecule has 0 aromatic rings. The number of nitrogens with zero attached hydrogens (tertiary/aromatic N) is 2. The molecule has 0 saturated carbocycles. The van der Waals surface area contributed by atoms with Gasteiger partial charge in [-0.15, -0.1) is 0 Å². The molecule has 0 atom stereocenters. The van der Waals surface area contributed by atoms with Crippen molar-refractivity contribution < 1.29 is 14.4 Å². The molecule has 23 heavy (non-hydrogen) atoms.